The fourth-order valence-corrected chi connectivity index (χ4v) is 3.62. The predicted octanol–water partition coefficient (Wildman–Crippen LogP) is 0.832. The summed E-state index contributed by atoms with van der Waals surface area (Å²) in [6, 6.07) is 0.285. The van der Waals surface area contributed by atoms with Gasteiger partial charge in [0.1, 0.15) is 5.78 Å². The van der Waals surface area contributed by atoms with Gasteiger partial charge in [0.05, 0.1) is 0 Å². The number of ketones is 1. The van der Waals surface area contributed by atoms with Crippen LogP contribution in [0.2, 0.25) is 0 Å². The molecule has 0 bridgehead atoms. The Morgan fingerprint density at radius 3 is 2.86 bits per heavy atom. The highest BCUT2D eigenvalue weighted by Gasteiger charge is 2.58. The molecule has 14 heavy (non-hydrogen) atoms. The van der Waals surface area contributed by atoms with Crippen molar-refractivity contribution < 1.29 is 9.59 Å². The Bertz CT molecular complexity index is 302. The molecule has 76 valence electrons. The van der Waals surface area contributed by atoms with Gasteiger partial charge in [0.25, 0.3) is 0 Å². The molecular weight excluding hydrogens is 178 g/mol. The number of hydrogen-bond donors (Lipinski definition) is 0. The summed E-state index contributed by atoms with van der Waals surface area (Å²) in [5, 5.41) is 0. The van der Waals surface area contributed by atoms with Gasteiger partial charge in [-0.25, -0.2) is 0 Å². The highest BCUT2D eigenvalue weighted by Crippen LogP contribution is 2.51. The van der Waals surface area contributed by atoms with Crippen LogP contribution in [0.5, 0.6) is 0 Å². The first kappa shape index (κ1) is 8.45. The van der Waals surface area contributed by atoms with E-state index in [2.05, 4.69) is 6.92 Å². The van der Waals surface area contributed by atoms with Gasteiger partial charge in [-0.15, -0.1) is 0 Å². The third-order valence-electron chi connectivity index (χ3n) is 4.39. The Morgan fingerprint density at radius 2 is 2.07 bits per heavy atom. The third kappa shape index (κ3) is 0.830. The van der Waals surface area contributed by atoms with Gasteiger partial charge in [-0.05, 0) is 18.3 Å². The summed E-state index contributed by atoms with van der Waals surface area (Å²) in [4.78, 5) is 25.3. The van der Waals surface area contributed by atoms with Crippen molar-refractivity contribution in [2.24, 2.45) is 17.8 Å². The molecule has 2 saturated heterocycles. The lowest BCUT2D eigenvalue weighted by Crippen LogP contribution is -2.68. The van der Waals surface area contributed by atoms with Gasteiger partial charge >= 0.3 is 0 Å². The van der Waals surface area contributed by atoms with Crippen LogP contribution < -0.4 is 0 Å². The van der Waals surface area contributed by atoms with E-state index in [0.29, 0.717) is 37.0 Å². The monoisotopic (exact) mass is 193 g/mol. The van der Waals surface area contributed by atoms with E-state index in [0.717, 1.165) is 6.42 Å². The molecule has 0 radical (unpaired) electrons. The largest absolute Gasteiger partial charge is 0.338 e. The van der Waals surface area contributed by atoms with Gasteiger partial charge in [-0.1, -0.05) is 6.92 Å². The van der Waals surface area contributed by atoms with E-state index >= 15 is 0 Å². The Labute approximate surface area is 83.5 Å². The van der Waals surface area contributed by atoms with Crippen LogP contribution >= 0.6 is 0 Å². The normalized spacial score (nSPS) is 45.9. The molecule has 1 saturated carbocycles. The van der Waals surface area contributed by atoms with Gasteiger partial charge in [0.2, 0.25) is 5.91 Å². The first-order valence-electron chi connectivity index (χ1n) is 5.52. The van der Waals surface area contributed by atoms with Crippen LogP contribution in [-0.4, -0.2) is 29.2 Å². The van der Waals surface area contributed by atoms with E-state index in [1.165, 1.54) is 0 Å². The number of rotatable bonds is 0. The molecule has 2 heterocycles. The van der Waals surface area contributed by atoms with E-state index in [1.54, 1.807) is 0 Å². The Kier molecular flexibility index (Phi) is 1.56. The zero-order valence-corrected chi connectivity index (χ0v) is 8.40. The maximum absolute atomic E-state index is 11.7. The summed E-state index contributed by atoms with van der Waals surface area (Å²) in [6.45, 7) is 2.85. The minimum absolute atomic E-state index is 0.179. The average molecular weight is 193 g/mol. The number of carbonyl (C=O) groups excluding carboxylic acids is 2. The average Bonchev–Trinajstić information content (AvgIpc) is 2.16. The molecule has 3 aliphatic rings. The molecule has 3 rings (SSSR count). The zero-order valence-electron chi connectivity index (χ0n) is 8.40. The Hall–Kier alpha value is -0.860. The second-order valence-corrected chi connectivity index (χ2v) is 4.88. The van der Waals surface area contributed by atoms with Crippen LogP contribution in [0.4, 0.5) is 0 Å². The Balaban J connectivity index is 1.92. The van der Waals surface area contributed by atoms with E-state index in [1.807, 2.05) is 4.90 Å². The van der Waals surface area contributed by atoms with Crippen molar-refractivity contribution in [2.75, 3.05) is 6.54 Å². The predicted molar refractivity (Wildman–Crippen MR) is 50.5 cm³/mol. The van der Waals surface area contributed by atoms with Crippen molar-refractivity contribution in [3.05, 3.63) is 0 Å². The van der Waals surface area contributed by atoms with Crippen molar-refractivity contribution >= 4 is 11.7 Å². The summed E-state index contributed by atoms with van der Waals surface area (Å²) in [7, 11) is 0. The van der Waals surface area contributed by atoms with Gasteiger partial charge in [0.15, 0.2) is 0 Å². The molecule has 0 N–H and O–H groups in total. The van der Waals surface area contributed by atoms with Crippen LogP contribution in [0.15, 0.2) is 0 Å². The number of carbonyl (C=O) groups is 2. The van der Waals surface area contributed by atoms with Crippen molar-refractivity contribution in [2.45, 2.75) is 32.2 Å². The van der Waals surface area contributed by atoms with Crippen molar-refractivity contribution in [3.63, 3.8) is 0 Å². The molecular formula is C11H15NO2. The van der Waals surface area contributed by atoms with Gasteiger partial charge < -0.3 is 4.90 Å². The van der Waals surface area contributed by atoms with Crippen LogP contribution in [-0.2, 0) is 9.59 Å². The topological polar surface area (TPSA) is 37.4 Å². The molecule has 0 aromatic carbocycles. The molecule has 3 fully saturated rings. The summed E-state index contributed by atoms with van der Waals surface area (Å²) >= 11 is 0. The number of amides is 1. The fraction of sp³-hybridized carbons (Fsp3) is 0.818. The number of piperidine rings is 2. The molecule has 0 aromatic heterocycles. The van der Waals surface area contributed by atoms with E-state index in [9.17, 15) is 9.59 Å². The molecule has 1 aliphatic carbocycles. The summed E-state index contributed by atoms with van der Waals surface area (Å²) in [6.07, 6.45) is 2.29. The molecule has 3 nitrogen and oxygen atoms in total. The highest BCUT2D eigenvalue weighted by molar-refractivity contribution is 5.88. The smallest absolute Gasteiger partial charge is 0.222 e. The van der Waals surface area contributed by atoms with Gasteiger partial charge in [-0.3, -0.25) is 9.59 Å². The lowest BCUT2D eigenvalue weighted by molar-refractivity contribution is -0.170. The quantitative estimate of drug-likeness (QED) is 0.571. The minimum Gasteiger partial charge on any atom is -0.338 e. The van der Waals surface area contributed by atoms with Gasteiger partial charge in [-0.2, -0.15) is 0 Å². The van der Waals surface area contributed by atoms with Crippen molar-refractivity contribution in [1.82, 2.24) is 4.90 Å². The van der Waals surface area contributed by atoms with Crippen molar-refractivity contribution in [3.8, 4) is 0 Å². The highest BCUT2D eigenvalue weighted by atomic mass is 16.2. The first-order valence-corrected chi connectivity index (χ1v) is 5.52. The maximum atomic E-state index is 11.7. The number of Topliss-reactive ketones (excluding diaryl/α,β-unsaturated/α-hetero) is 1. The SMILES string of the molecule is C[C@H]1[C@H]2CCC(=O)N3CCC(=O)[C@@H]1[C@@H]23. The molecule has 1 amide bonds. The van der Waals surface area contributed by atoms with Crippen LogP contribution in [0.25, 0.3) is 0 Å². The standard InChI is InChI=1S/C11H15NO2/c1-6-7-2-3-9(14)12-5-4-8(13)10(6)11(7)12/h6-7,10-11H,2-5H2,1H3/t6-,7+,10+,11+/m0/s1. The molecule has 0 aromatic rings. The van der Waals surface area contributed by atoms with Crippen LogP contribution in [0.3, 0.4) is 0 Å². The summed E-state index contributed by atoms with van der Waals surface area (Å²) in [5.74, 6) is 1.98. The second kappa shape index (κ2) is 2.59. The lowest BCUT2D eigenvalue weighted by atomic mass is 9.55. The number of hydrogen-bond acceptors (Lipinski definition) is 2. The van der Waals surface area contributed by atoms with Crippen LogP contribution in [0, 0.1) is 17.8 Å². The van der Waals surface area contributed by atoms with Gasteiger partial charge in [0, 0.05) is 31.3 Å². The molecule has 3 heteroatoms. The van der Waals surface area contributed by atoms with Crippen molar-refractivity contribution in [1.29, 1.82) is 0 Å². The summed E-state index contributed by atoms with van der Waals surface area (Å²) in [5.41, 5.74) is 0. The molecule has 0 unspecified atom stereocenters. The first-order chi connectivity index (χ1) is 6.70. The van der Waals surface area contributed by atoms with E-state index in [-0.39, 0.29) is 17.9 Å². The summed E-state index contributed by atoms with van der Waals surface area (Å²) < 4.78 is 0. The minimum atomic E-state index is 0.179. The second-order valence-electron chi connectivity index (χ2n) is 4.88. The van der Waals surface area contributed by atoms with Crippen LogP contribution in [0.1, 0.15) is 26.2 Å². The number of nitrogens with zero attached hydrogens (tertiary/aromatic N) is 1. The van der Waals surface area contributed by atoms with E-state index < -0.39 is 0 Å². The molecule has 0 spiro atoms. The fourth-order valence-electron chi connectivity index (χ4n) is 3.62. The molecule has 4 atom stereocenters. The lowest BCUT2D eigenvalue weighted by Gasteiger charge is -2.59. The maximum Gasteiger partial charge on any atom is 0.222 e. The Morgan fingerprint density at radius 1 is 1.29 bits per heavy atom. The third-order valence-corrected chi connectivity index (χ3v) is 4.39. The molecule has 2 aliphatic heterocycles. The zero-order chi connectivity index (χ0) is 9.87. The van der Waals surface area contributed by atoms with E-state index in [4.69, 9.17) is 0 Å².